The molecule has 0 aliphatic carbocycles. The molecule has 4 aromatic rings. The second-order valence-corrected chi connectivity index (χ2v) is 12.1. The minimum absolute atomic E-state index is 0.0561. The van der Waals surface area contributed by atoms with Crippen LogP contribution in [0.25, 0.3) is 22.3 Å². The number of para-hydroxylation sites is 1. The number of cyclic esters (lactones) is 1. The normalized spacial score (nSPS) is 15.6. The first-order valence-corrected chi connectivity index (χ1v) is 15.6. The van der Waals surface area contributed by atoms with Gasteiger partial charge in [-0.25, -0.2) is 14.3 Å². The number of pyridine rings is 2. The van der Waals surface area contributed by atoms with Crippen LogP contribution >= 0.6 is 7.82 Å². The summed E-state index contributed by atoms with van der Waals surface area (Å²) in [5.41, 5.74) is 4.24. The summed E-state index contributed by atoms with van der Waals surface area (Å²) in [4.78, 5) is 64.5. The minimum atomic E-state index is -4.85. The molecule has 0 saturated carbocycles. The lowest BCUT2D eigenvalue weighted by Gasteiger charge is -2.27. The van der Waals surface area contributed by atoms with Gasteiger partial charge in [-0.2, -0.15) is 0 Å². The lowest BCUT2D eigenvalue weighted by Crippen LogP contribution is -2.38. The monoisotopic (exact) mass is 619 g/mol. The number of carbonyl (C=O) groups excluding carboxylic acids is 2. The summed E-state index contributed by atoms with van der Waals surface area (Å²) in [6, 6.07) is 18.4. The highest BCUT2D eigenvalue weighted by Gasteiger charge is 2.37. The van der Waals surface area contributed by atoms with Gasteiger partial charge < -0.3 is 28.7 Å². The third-order valence-electron chi connectivity index (χ3n) is 7.92. The van der Waals surface area contributed by atoms with E-state index >= 15 is 0 Å². The molecule has 228 valence electrons. The van der Waals surface area contributed by atoms with Crippen molar-refractivity contribution in [1.29, 1.82) is 0 Å². The van der Waals surface area contributed by atoms with Crippen molar-refractivity contribution in [2.75, 3.05) is 13.3 Å². The average Bonchev–Trinajstić information content (AvgIpc) is 3.36. The number of rotatable bonds is 9. The first-order chi connectivity index (χ1) is 21.0. The molecule has 2 aromatic heterocycles. The van der Waals surface area contributed by atoms with Crippen LogP contribution in [0.5, 0.6) is 0 Å². The molecule has 0 unspecified atom stereocenters. The van der Waals surface area contributed by atoms with Crippen molar-refractivity contribution in [3.8, 4) is 11.4 Å². The first-order valence-electron chi connectivity index (χ1n) is 14.1. The maximum absolute atomic E-state index is 13.7. The Hall–Kier alpha value is -4.19. The Morgan fingerprint density at radius 1 is 1.11 bits per heavy atom. The Morgan fingerprint density at radius 2 is 1.84 bits per heavy atom. The molecular formula is C31H30N3O9P. The molecule has 0 radical (unpaired) electrons. The number of phosphoric ester groups is 1. The SMILES string of the molecule is CC(C)N(CCc1c2c(nc3ccccc13)-c1cc3c(c(=O)n1C2)COC(=O)[C@H]3OCOP(=O)(O)O)C(=O)c1ccccc1. The molecule has 0 saturated heterocycles. The summed E-state index contributed by atoms with van der Waals surface area (Å²) in [6.45, 7) is 3.46. The van der Waals surface area contributed by atoms with E-state index in [1.54, 1.807) is 22.8 Å². The summed E-state index contributed by atoms with van der Waals surface area (Å²) in [5, 5.41) is 0.919. The van der Waals surface area contributed by atoms with E-state index in [1.165, 1.54) is 0 Å². The zero-order chi connectivity index (χ0) is 31.2. The Morgan fingerprint density at radius 3 is 2.57 bits per heavy atom. The van der Waals surface area contributed by atoms with Crippen LogP contribution in [0.1, 0.15) is 52.6 Å². The van der Waals surface area contributed by atoms with E-state index in [2.05, 4.69) is 4.52 Å². The van der Waals surface area contributed by atoms with Crippen molar-refractivity contribution >= 4 is 30.6 Å². The van der Waals surface area contributed by atoms with Gasteiger partial charge in [0.1, 0.15) is 6.61 Å². The Bertz CT molecular complexity index is 1880. The summed E-state index contributed by atoms with van der Waals surface area (Å²) in [6.07, 6.45) is -0.908. The number of aromatic nitrogens is 2. The maximum Gasteiger partial charge on any atom is 0.471 e. The fourth-order valence-electron chi connectivity index (χ4n) is 5.83. The van der Waals surface area contributed by atoms with Gasteiger partial charge in [-0.1, -0.05) is 36.4 Å². The van der Waals surface area contributed by atoms with Crippen LogP contribution in [0.4, 0.5) is 0 Å². The summed E-state index contributed by atoms with van der Waals surface area (Å²) < 4.78 is 27.6. The van der Waals surface area contributed by atoms with Crippen LogP contribution in [-0.4, -0.2) is 55.5 Å². The molecule has 6 rings (SSSR count). The number of hydrogen-bond donors (Lipinski definition) is 2. The molecule has 1 amide bonds. The van der Waals surface area contributed by atoms with Gasteiger partial charge in [0.2, 0.25) is 0 Å². The van der Waals surface area contributed by atoms with Crippen molar-refractivity contribution in [3.63, 3.8) is 0 Å². The highest BCUT2D eigenvalue weighted by molar-refractivity contribution is 7.46. The van der Waals surface area contributed by atoms with E-state index in [1.807, 2.05) is 61.2 Å². The molecule has 2 N–H and O–H groups in total. The fourth-order valence-corrected chi connectivity index (χ4v) is 6.03. The van der Waals surface area contributed by atoms with E-state index in [-0.39, 0.29) is 41.8 Å². The largest absolute Gasteiger partial charge is 0.471 e. The Kier molecular flexibility index (Phi) is 7.95. The number of esters is 1. The lowest BCUT2D eigenvalue weighted by molar-refractivity contribution is -0.168. The zero-order valence-electron chi connectivity index (χ0n) is 24.0. The first kappa shape index (κ1) is 29.9. The fraction of sp³-hybridized carbons (Fsp3) is 0.290. The summed E-state index contributed by atoms with van der Waals surface area (Å²) in [7, 11) is -4.85. The predicted octanol–water partition coefficient (Wildman–Crippen LogP) is 3.70. The quantitative estimate of drug-likeness (QED) is 0.142. The van der Waals surface area contributed by atoms with Gasteiger partial charge in [-0.15, -0.1) is 0 Å². The molecule has 4 heterocycles. The molecule has 1 atom stereocenters. The van der Waals surface area contributed by atoms with Gasteiger partial charge in [0, 0.05) is 34.7 Å². The Labute approximate surface area is 252 Å². The van der Waals surface area contributed by atoms with Gasteiger partial charge in [0.15, 0.2) is 12.9 Å². The molecule has 2 aliphatic heterocycles. The zero-order valence-corrected chi connectivity index (χ0v) is 24.9. The summed E-state index contributed by atoms with van der Waals surface area (Å²) >= 11 is 0. The van der Waals surface area contributed by atoms with Crippen molar-refractivity contribution < 1.29 is 37.9 Å². The topological polar surface area (TPSA) is 157 Å². The van der Waals surface area contributed by atoms with E-state index in [9.17, 15) is 18.9 Å². The van der Waals surface area contributed by atoms with Crippen molar-refractivity contribution in [2.24, 2.45) is 0 Å². The Balaban J connectivity index is 1.40. The molecule has 44 heavy (non-hydrogen) atoms. The van der Waals surface area contributed by atoms with Gasteiger partial charge in [-0.05, 0) is 50.1 Å². The highest BCUT2D eigenvalue weighted by atomic mass is 31.2. The van der Waals surface area contributed by atoms with E-state index in [0.717, 1.165) is 16.5 Å². The number of nitrogens with zero attached hydrogens (tertiary/aromatic N) is 3. The van der Waals surface area contributed by atoms with Gasteiger partial charge in [-0.3, -0.25) is 14.1 Å². The molecule has 2 aliphatic rings. The highest BCUT2D eigenvalue weighted by Crippen LogP contribution is 2.40. The molecular weight excluding hydrogens is 589 g/mol. The second-order valence-electron chi connectivity index (χ2n) is 10.9. The predicted molar refractivity (Wildman–Crippen MR) is 158 cm³/mol. The molecule has 0 bridgehead atoms. The van der Waals surface area contributed by atoms with Crippen LogP contribution in [0, 0.1) is 0 Å². The molecule has 2 aromatic carbocycles. The third-order valence-corrected chi connectivity index (χ3v) is 8.37. The number of carbonyl (C=O) groups is 2. The number of ether oxygens (including phenoxy) is 2. The van der Waals surface area contributed by atoms with Crippen LogP contribution in [0.2, 0.25) is 0 Å². The minimum Gasteiger partial charge on any atom is -0.458 e. The van der Waals surface area contributed by atoms with Crippen molar-refractivity contribution in [1.82, 2.24) is 14.5 Å². The van der Waals surface area contributed by atoms with Crippen LogP contribution < -0.4 is 5.56 Å². The number of phosphoric acid groups is 1. The van der Waals surface area contributed by atoms with Gasteiger partial charge >= 0.3 is 13.8 Å². The number of fused-ring (bicyclic) bond motifs is 5. The van der Waals surface area contributed by atoms with Gasteiger partial charge in [0.05, 0.1) is 29.0 Å². The van der Waals surface area contributed by atoms with E-state index in [4.69, 9.17) is 24.2 Å². The molecule has 0 spiro atoms. The second kappa shape index (κ2) is 11.7. The number of hydrogen-bond acceptors (Lipinski definition) is 8. The van der Waals surface area contributed by atoms with Crippen LogP contribution in [-0.2, 0) is 42.9 Å². The molecule has 0 fully saturated rings. The average molecular weight is 620 g/mol. The number of benzene rings is 2. The smallest absolute Gasteiger partial charge is 0.458 e. The third kappa shape index (κ3) is 5.58. The molecule has 12 nitrogen and oxygen atoms in total. The van der Waals surface area contributed by atoms with E-state index in [0.29, 0.717) is 35.4 Å². The van der Waals surface area contributed by atoms with Crippen molar-refractivity contribution in [3.05, 3.63) is 98.8 Å². The van der Waals surface area contributed by atoms with Crippen LogP contribution in [0.3, 0.4) is 0 Å². The lowest BCUT2D eigenvalue weighted by atomic mass is 9.96. The standard InChI is InChI=1S/C31H30N3O9P/c1-18(2)33(29(35)19-8-4-3-5-9-19)13-12-20-21-10-6-7-11-25(21)32-27-23(20)15-34-26(27)14-22-24(30(34)36)16-41-31(37)28(22)42-17-43-44(38,39)40/h3-11,14,18,28H,12-13,15-17H2,1-2H3,(H2,38,39,40)/t28-/m0/s1. The number of amides is 1. The summed E-state index contributed by atoms with van der Waals surface area (Å²) in [5.74, 6) is -0.875. The van der Waals surface area contributed by atoms with E-state index < -0.39 is 26.7 Å². The van der Waals surface area contributed by atoms with Crippen LogP contribution in [0.15, 0.2) is 65.5 Å². The van der Waals surface area contributed by atoms with Crippen molar-refractivity contribution in [2.45, 2.75) is 45.6 Å². The molecule has 13 heteroatoms. The maximum atomic E-state index is 13.7. The van der Waals surface area contributed by atoms with Gasteiger partial charge in [0.25, 0.3) is 11.5 Å².